The molecular formula is C61H64BBrF4N6O10. The van der Waals surface area contributed by atoms with Crippen molar-refractivity contribution in [2.75, 3.05) is 14.2 Å². The summed E-state index contributed by atoms with van der Waals surface area (Å²) in [5.74, 6) is -5.08. The number of carbonyl (C=O) groups excluding carboxylic acids is 4. The lowest BCUT2D eigenvalue weighted by atomic mass is 9.79. The van der Waals surface area contributed by atoms with E-state index in [4.69, 9.17) is 19.5 Å². The second-order valence-corrected chi connectivity index (χ2v) is 20.6. The Bertz CT molecular complexity index is 3640. The molecule has 22 heteroatoms. The summed E-state index contributed by atoms with van der Waals surface area (Å²) in [7, 11) is 0.439. The highest BCUT2D eigenvalue weighted by Gasteiger charge is 2.30. The zero-order valence-corrected chi connectivity index (χ0v) is 47.2. The number of carbonyl (C=O) groups is 4. The first-order chi connectivity index (χ1) is 39.1. The van der Waals surface area contributed by atoms with E-state index in [-0.39, 0.29) is 60.3 Å². The van der Waals surface area contributed by atoms with Crippen molar-refractivity contribution in [3.63, 3.8) is 0 Å². The average Bonchev–Trinajstić information content (AvgIpc) is 3.64. The minimum absolute atomic E-state index is 0. The van der Waals surface area contributed by atoms with E-state index in [1.54, 1.807) is 60.7 Å². The van der Waals surface area contributed by atoms with E-state index in [2.05, 4.69) is 36.5 Å². The molecule has 0 aliphatic carbocycles. The summed E-state index contributed by atoms with van der Waals surface area (Å²) in [6.07, 6.45) is 3.29. The minimum Gasteiger partial charge on any atom is -0.469 e. The van der Waals surface area contributed by atoms with Gasteiger partial charge in [-0.05, 0) is 108 Å². The molecule has 0 spiro atoms. The van der Waals surface area contributed by atoms with E-state index in [0.717, 1.165) is 40.4 Å². The van der Waals surface area contributed by atoms with Gasteiger partial charge in [0.15, 0.2) is 0 Å². The van der Waals surface area contributed by atoms with Crippen LogP contribution in [0.2, 0.25) is 0 Å². The fourth-order valence-electron chi connectivity index (χ4n) is 8.90. The molecule has 8 aromatic rings. The van der Waals surface area contributed by atoms with Gasteiger partial charge in [0.2, 0.25) is 11.8 Å². The Hall–Kier alpha value is -8.34. The lowest BCUT2D eigenvalue weighted by molar-refractivity contribution is -0.142. The van der Waals surface area contributed by atoms with Gasteiger partial charge in [-0.3, -0.25) is 37.9 Å². The lowest BCUT2D eigenvalue weighted by Gasteiger charge is -2.25. The van der Waals surface area contributed by atoms with Gasteiger partial charge in [0.1, 0.15) is 35.4 Å². The molecule has 6 aromatic carbocycles. The van der Waals surface area contributed by atoms with Crippen LogP contribution in [0.4, 0.5) is 17.6 Å². The van der Waals surface area contributed by atoms with Crippen LogP contribution in [0.3, 0.4) is 0 Å². The summed E-state index contributed by atoms with van der Waals surface area (Å²) < 4.78 is 67.2. The maximum atomic E-state index is 14.5. The Morgan fingerprint density at radius 3 is 1.37 bits per heavy atom. The van der Waals surface area contributed by atoms with Crippen molar-refractivity contribution in [1.29, 1.82) is 0 Å². The lowest BCUT2D eigenvalue weighted by Crippen LogP contribution is -2.40. The maximum Gasteiger partial charge on any atom is 0.494 e. The predicted octanol–water partition coefficient (Wildman–Crippen LogP) is 9.80. The van der Waals surface area contributed by atoms with Gasteiger partial charge < -0.3 is 30.2 Å². The molecule has 4 atom stereocenters. The third kappa shape index (κ3) is 17.4. The largest absolute Gasteiger partial charge is 0.494 e. The topological polar surface area (TPSA) is 221 Å². The van der Waals surface area contributed by atoms with Crippen LogP contribution < -0.4 is 27.2 Å². The highest BCUT2D eigenvalue weighted by molar-refractivity contribution is 9.10. The number of benzene rings is 6. The second-order valence-electron chi connectivity index (χ2n) is 19.7. The zero-order chi connectivity index (χ0) is 59.8. The van der Waals surface area contributed by atoms with Gasteiger partial charge in [-0.15, -0.1) is 0 Å². The van der Waals surface area contributed by atoms with E-state index in [9.17, 15) is 46.3 Å². The molecule has 436 valence electrons. The maximum absolute atomic E-state index is 14.5. The third-order valence-electron chi connectivity index (χ3n) is 12.9. The molecule has 2 heterocycles. The molecule has 16 nitrogen and oxygen atoms in total. The van der Waals surface area contributed by atoms with E-state index in [0.29, 0.717) is 40.2 Å². The Labute approximate surface area is 485 Å². The quantitative estimate of drug-likeness (QED) is 0.0358. The molecule has 2 amide bonds. The van der Waals surface area contributed by atoms with Crippen LogP contribution in [0.15, 0.2) is 160 Å². The second kappa shape index (κ2) is 30.6. The summed E-state index contributed by atoms with van der Waals surface area (Å²) in [4.78, 5) is 86.6. The van der Waals surface area contributed by atoms with Crippen molar-refractivity contribution in [2.45, 2.75) is 85.0 Å². The third-order valence-corrected chi connectivity index (χ3v) is 13.4. The van der Waals surface area contributed by atoms with Crippen LogP contribution in [0.1, 0.15) is 96.1 Å². The molecule has 0 fully saturated rings. The average molecular weight is 1210 g/mol. The fourth-order valence-corrected chi connectivity index (χ4v) is 9.32. The molecule has 4 N–H and O–H groups in total. The summed E-state index contributed by atoms with van der Waals surface area (Å²) in [5.41, 5.74) is 0.985. The van der Waals surface area contributed by atoms with Gasteiger partial charge in [-0.2, -0.15) is 0 Å². The first-order valence-corrected chi connectivity index (χ1v) is 26.7. The Kier molecular flexibility index (Phi) is 24.2. The molecule has 0 radical (unpaired) electrons. The van der Waals surface area contributed by atoms with Gasteiger partial charge in [0, 0.05) is 4.47 Å². The number of hydrogen-bond donors (Lipinski definition) is 4. The van der Waals surface area contributed by atoms with Gasteiger partial charge in [0.05, 0.1) is 84.6 Å². The number of ether oxygens (including phenoxy) is 2. The molecule has 0 aliphatic heterocycles. The van der Waals surface area contributed by atoms with Gasteiger partial charge in [0.25, 0.3) is 11.1 Å². The number of amides is 2. The summed E-state index contributed by atoms with van der Waals surface area (Å²) in [6.45, 7) is 7.83. The first-order valence-electron chi connectivity index (χ1n) is 25.9. The van der Waals surface area contributed by atoms with E-state index in [1.165, 1.54) is 48.1 Å². The minimum atomic E-state index is -2.10. The van der Waals surface area contributed by atoms with Crippen molar-refractivity contribution in [1.82, 2.24) is 29.7 Å². The number of fused-ring (bicyclic) bond motifs is 2. The number of halogens is 5. The molecule has 8 rings (SSSR count). The summed E-state index contributed by atoms with van der Waals surface area (Å²) in [6, 6.07) is 31.1. The van der Waals surface area contributed by atoms with Crippen LogP contribution >= 0.6 is 15.9 Å². The van der Waals surface area contributed by atoms with E-state index in [1.807, 2.05) is 58.0 Å². The Balaban J connectivity index is 0.000000257. The van der Waals surface area contributed by atoms with Crippen molar-refractivity contribution in [3.05, 3.63) is 206 Å². The van der Waals surface area contributed by atoms with Crippen LogP contribution in [0.25, 0.3) is 32.9 Å². The molecule has 0 unspecified atom stereocenters. The van der Waals surface area contributed by atoms with Crippen LogP contribution in [-0.2, 0) is 28.7 Å². The molecule has 0 saturated carbocycles. The van der Waals surface area contributed by atoms with Gasteiger partial charge >= 0.3 is 19.1 Å². The van der Waals surface area contributed by atoms with Crippen LogP contribution in [-0.4, -0.2) is 74.2 Å². The van der Waals surface area contributed by atoms with Crippen LogP contribution in [0.5, 0.6) is 0 Å². The fraction of sp³-hybridized carbons (Fsp3) is 0.279. The number of hydrogen-bond acceptors (Lipinski definition) is 12. The molecule has 0 aliphatic rings. The zero-order valence-electron chi connectivity index (χ0n) is 45.6. The Morgan fingerprint density at radius 1 is 0.578 bits per heavy atom. The molecule has 0 saturated heterocycles. The number of esters is 2. The Morgan fingerprint density at radius 2 is 0.976 bits per heavy atom. The molecule has 0 bridgehead atoms. The predicted molar refractivity (Wildman–Crippen MR) is 313 cm³/mol. The highest BCUT2D eigenvalue weighted by atomic mass is 79.9. The molecular weight excluding hydrogens is 1140 g/mol. The van der Waals surface area contributed by atoms with E-state index < -0.39 is 77.9 Å². The number of methoxy groups -OCH3 is 2. The van der Waals surface area contributed by atoms with Crippen molar-refractivity contribution in [3.8, 4) is 11.1 Å². The monoisotopic (exact) mass is 1210 g/mol. The van der Waals surface area contributed by atoms with Crippen molar-refractivity contribution >= 4 is 74.1 Å². The smallest absolute Gasteiger partial charge is 0.469 e. The number of rotatable bonds is 18. The normalized spacial score (nSPS) is 12.3. The number of nitrogens with zero attached hydrogens (tertiary/aromatic N) is 4. The highest BCUT2D eigenvalue weighted by Crippen LogP contribution is 2.31. The molecule has 83 heavy (non-hydrogen) atoms. The number of para-hydroxylation sites is 2. The standard InChI is InChI=1S/C30H29F2N3O4.C24H26BrN3O4.C6H5BF2O2.CH4/c1-18(2)14-26(35-17-33-24-13-5-4-10-21(24)30(35)38)29(37)34-25(16-27(36)39-3)19-8-6-9-20(15-19)28-22(31)11-7-12-23(28)32;1-15(2)11-21(28-14-26-19-10-5-4-9-18(19)24(28)31)23(30)27-20(13-22(29)32-3)16-7-6-8-17(25)12-16;8-4-2-1-3-5(9)6(4)7(10)11;/h4-13,15,17-18,25-26H,14,16H2,1-3H3,(H,34,37);4-10,12,14-15,20-21H,11,13H2,1-3H3,(H,27,30);1-3,10-11H;1H4/t25-,26-;20-,21-;;/m00../s1. The number of aromatic nitrogens is 4. The summed E-state index contributed by atoms with van der Waals surface area (Å²) in [5, 5.41) is 23.6. The molecule has 2 aromatic heterocycles. The van der Waals surface area contributed by atoms with Crippen molar-refractivity contribution in [2.24, 2.45) is 11.8 Å². The SMILES string of the molecule is C.COC(=O)C[C@H](NC(=O)[C@H](CC(C)C)n1cnc2ccccc2c1=O)c1cccc(-c2c(F)cccc2F)c1.COC(=O)C[C@H](NC(=O)[C@H](CC(C)C)n1cnc2ccccc2c1=O)c1cccc(Br)c1.OB(O)c1c(F)cccc1F. The first kappa shape index (κ1) is 65.5. The number of nitrogens with one attached hydrogen (secondary N) is 2. The van der Waals surface area contributed by atoms with Gasteiger partial charge in [-0.1, -0.05) is 118 Å². The van der Waals surface area contributed by atoms with Crippen molar-refractivity contribution < 1.29 is 56.3 Å². The van der Waals surface area contributed by atoms with Crippen LogP contribution in [0, 0.1) is 35.1 Å². The summed E-state index contributed by atoms with van der Waals surface area (Å²) >= 11 is 3.43. The van der Waals surface area contributed by atoms with E-state index >= 15 is 0 Å². The van der Waals surface area contributed by atoms with Gasteiger partial charge in [-0.25, -0.2) is 27.5 Å².